The third-order valence-electron chi connectivity index (χ3n) is 2.20. The molecule has 0 saturated heterocycles. The first-order valence-electron chi connectivity index (χ1n) is 4.81. The molecule has 0 saturated carbocycles. The van der Waals surface area contributed by atoms with Gasteiger partial charge in [0.15, 0.2) is 0 Å². The highest BCUT2D eigenvalue weighted by Gasteiger charge is 2.41. The molecule has 1 aromatic rings. The van der Waals surface area contributed by atoms with Gasteiger partial charge in [-0.15, -0.1) is 0 Å². The van der Waals surface area contributed by atoms with Crippen LogP contribution in [0.25, 0.3) is 0 Å². The molecule has 9 heteroatoms. The SMILES string of the molecule is COc1ncc(CC(=O)O)c(C(F)(F)F)c1C(F)F. The lowest BCUT2D eigenvalue weighted by atomic mass is 10.0. The number of pyridine rings is 1. The van der Waals surface area contributed by atoms with E-state index >= 15 is 0 Å². The largest absolute Gasteiger partial charge is 0.481 e. The summed E-state index contributed by atoms with van der Waals surface area (Å²) in [6.07, 6.45) is -9.12. The number of alkyl halides is 5. The zero-order chi connectivity index (χ0) is 14.8. The number of methoxy groups -OCH3 is 1. The molecule has 0 spiro atoms. The summed E-state index contributed by atoms with van der Waals surface area (Å²) in [4.78, 5) is 13.7. The summed E-state index contributed by atoms with van der Waals surface area (Å²) >= 11 is 0. The Bertz CT molecular complexity index is 487. The van der Waals surface area contributed by atoms with E-state index in [0.29, 0.717) is 6.20 Å². The number of halogens is 5. The number of carboxylic acids is 1. The standard InChI is InChI=1S/C10H8F5NO3/c1-19-9-6(8(11)12)7(10(13,14)15)4(3-16-9)2-5(17)18/h3,8H,2H2,1H3,(H,17,18). The Hall–Kier alpha value is -1.93. The Morgan fingerprint density at radius 2 is 2.05 bits per heavy atom. The van der Waals surface area contributed by atoms with E-state index in [0.717, 1.165) is 7.11 Å². The summed E-state index contributed by atoms with van der Waals surface area (Å²) in [6, 6.07) is 0. The molecule has 0 aliphatic heterocycles. The number of ether oxygens (including phenoxy) is 1. The van der Waals surface area contributed by atoms with Gasteiger partial charge in [0.25, 0.3) is 6.43 Å². The first-order chi connectivity index (χ1) is 8.68. The molecule has 0 amide bonds. The van der Waals surface area contributed by atoms with Crippen molar-refractivity contribution in [2.24, 2.45) is 0 Å². The van der Waals surface area contributed by atoms with Crippen LogP contribution in [0.5, 0.6) is 5.88 Å². The molecule has 0 aliphatic rings. The Labute approximate surface area is 103 Å². The molecule has 0 bridgehead atoms. The molecule has 0 atom stereocenters. The predicted octanol–water partition coefficient (Wildman–Crippen LogP) is 2.67. The molecule has 0 radical (unpaired) electrons. The molecule has 0 aliphatic carbocycles. The van der Waals surface area contributed by atoms with E-state index in [1.165, 1.54) is 0 Å². The van der Waals surface area contributed by atoms with Crippen molar-refractivity contribution < 1.29 is 36.6 Å². The number of hydrogen-bond acceptors (Lipinski definition) is 3. The van der Waals surface area contributed by atoms with Crippen LogP contribution < -0.4 is 4.74 Å². The van der Waals surface area contributed by atoms with E-state index in [4.69, 9.17) is 5.11 Å². The van der Waals surface area contributed by atoms with Crippen LogP contribution in [-0.2, 0) is 17.4 Å². The van der Waals surface area contributed by atoms with E-state index in [1.807, 2.05) is 0 Å². The molecule has 19 heavy (non-hydrogen) atoms. The highest BCUT2D eigenvalue weighted by Crippen LogP contribution is 2.42. The summed E-state index contributed by atoms with van der Waals surface area (Å²) in [7, 11) is 0.894. The monoisotopic (exact) mass is 285 g/mol. The smallest absolute Gasteiger partial charge is 0.417 e. The molecule has 1 rings (SSSR count). The third kappa shape index (κ3) is 3.30. The average Bonchev–Trinajstić information content (AvgIpc) is 2.25. The molecule has 1 N–H and O–H groups in total. The van der Waals surface area contributed by atoms with Crippen LogP contribution in [0.4, 0.5) is 22.0 Å². The van der Waals surface area contributed by atoms with Crippen LogP contribution in [0.3, 0.4) is 0 Å². The van der Waals surface area contributed by atoms with Crippen LogP contribution in [0.2, 0.25) is 0 Å². The normalized spacial score (nSPS) is 11.7. The minimum atomic E-state index is -5.13. The first kappa shape index (κ1) is 15.1. The fraction of sp³-hybridized carbons (Fsp3) is 0.400. The quantitative estimate of drug-likeness (QED) is 0.864. The number of hydrogen-bond donors (Lipinski definition) is 1. The van der Waals surface area contributed by atoms with Gasteiger partial charge < -0.3 is 9.84 Å². The van der Waals surface area contributed by atoms with Gasteiger partial charge in [-0.25, -0.2) is 13.8 Å². The number of nitrogens with zero attached hydrogens (tertiary/aromatic N) is 1. The van der Waals surface area contributed by atoms with Crippen molar-refractivity contribution in [2.75, 3.05) is 7.11 Å². The van der Waals surface area contributed by atoms with Gasteiger partial charge in [0, 0.05) is 6.20 Å². The van der Waals surface area contributed by atoms with E-state index in [1.54, 1.807) is 0 Å². The Morgan fingerprint density at radius 1 is 1.47 bits per heavy atom. The predicted molar refractivity (Wildman–Crippen MR) is 52.1 cm³/mol. The van der Waals surface area contributed by atoms with Crippen molar-refractivity contribution in [3.63, 3.8) is 0 Å². The van der Waals surface area contributed by atoms with Gasteiger partial charge in [-0.2, -0.15) is 13.2 Å². The van der Waals surface area contributed by atoms with Gasteiger partial charge in [-0.3, -0.25) is 4.79 Å². The van der Waals surface area contributed by atoms with Crippen molar-refractivity contribution in [2.45, 2.75) is 19.0 Å². The second-order valence-corrected chi connectivity index (χ2v) is 3.45. The van der Waals surface area contributed by atoms with Crippen molar-refractivity contribution in [3.05, 3.63) is 22.9 Å². The zero-order valence-corrected chi connectivity index (χ0v) is 9.46. The molecule has 0 aromatic carbocycles. The highest BCUT2D eigenvalue weighted by molar-refractivity contribution is 5.71. The molecule has 106 valence electrons. The van der Waals surface area contributed by atoms with Crippen LogP contribution in [0.1, 0.15) is 23.1 Å². The average molecular weight is 285 g/mol. The van der Waals surface area contributed by atoms with Gasteiger partial charge in [0.05, 0.1) is 24.7 Å². The number of carboxylic acid groups (broad SMARTS) is 1. The van der Waals surface area contributed by atoms with Gasteiger partial charge in [0.2, 0.25) is 5.88 Å². The summed E-state index contributed by atoms with van der Waals surface area (Å²) in [5.74, 6) is -2.46. The third-order valence-corrected chi connectivity index (χ3v) is 2.20. The lowest BCUT2D eigenvalue weighted by molar-refractivity contribution is -0.141. The fourth-order valence-electron chi connectivity index (χ4n) is 1.55. The van der Waals surface area contributed by atoms with Crippen LogP contribution in [0.15, 0.2) is 6.20 Å². The zero-order valence-electron chi connectivity index (χ0n) is 9.46. The molecule has 0 unspecified atom stereocenters. The first-order valence-corrected chi connectivity index (χ1v) is 4.81. The maximum atomic E-state index is 12.8. The van der Waals surface area contributed by atoms with Gasteiger partial charge >= 0.3 is 12.1 Å². The lowest BCUT2D eigenvalue weighted by Gasteiger charge is -2.18. The molecule has 4 nitrogen and oxygen atoms in total. The van der Waals surface area contributed by atoms with E-state index in [2.05, 4.69) is 9.72 Å². The number of rotatable bonds is 4. The van der Waals surface area contributed by atoms with E-state index in [-0.39, 0.29) is 0 Å². The maximum Gasteiger partial charge on any atom is 0.417 e. The Kier molecular flexibility index (Phi) is 4.28. The summed E-state index contributed by atoms with van der Waals surface area (Å²) in [5.41, 5.74) is -4.00. The molecular weight excluding hydrogens is 277 g/mol. The number of aromatic nitrogens is 1. The summed E-state index contributed by atoms with van der Waals surface area (Å²) < 4.78 is 68.4. The highest BCUT2D eigenvalue weighted by atomic mass is 19.4. The van der Waals surface area contributed by atoms with Crippen molar-refractivity contribution in [3.8, 4) is 5.88 Å². The van der Waals surface area contributed by atoms with Crippen molar-refractivity contribution in [1.82, 2.24) is 4.98 Å². The number of aliphatic carboxylic acids is 1. The van der Waals surface area contributed by atoms with Crippen LogP contribution in [0, 0.1) is 0 Å². The topological polar surface area (TPSA) is 59.4 Å². The molecule has 1 heterocycles. The van der Waals surface area contributed by atoms with Gasteiger partial charge in [-0.1, -0.05) is 0 Å². The molecule has 0 fully saturated rings. The summed E-state index contributed by atoms with van der Waals surface area (Å²) in [6.45, 7) is 0. The minimum Gasteiger partial charge on any atom is -0.481 e. The Morgan fingerprint density at radius 3 is 2.42 bits per heavy atom. The minimum absolute atomic E-state index is 0.571. The molecular formula is C10H8F5NO3. The van der Waals surface area contributed by atoms with E-state index < -0.39 is 47.6 Å². The summed E-state index contributed by atoms with van der Waals surface area (Å²) in [5, 5.41) is 8.50. The maximum absolute atomic E-state index is 12.8. The second kappa shape index (κ2) is 5.37. The molecule has 1 aromatic heterocycles. The number of carbonyl (C=O) groups is 1. The van der Waals surface area contributed by atoms with E-state index in [9.17, 15) is 26.7 Å². The second-order valence-electron chi connectivity index (χ2n) is 3.45. The van der Waals surface area contributed by atoms with Crippen LogP contribution >= 0.6 is 0 Å². The van der Waals surface area contributed by atoms with Crippen molar-refractivity contribution in [1.29, 1.82) is 0 Å². The fourth-order valence-corrected chi connectivity index (χ4v) is 1.55. The van der Waals surface area contributed by atoms with Gasteiger partial charge in [0.1, 0.15) is 0 Å². The van der Waals surface area contributed by atoms with Gasteiger partial charge in [-0.05, 0) is 5.56 Å². The Balaban J connectivity index is 3.59. The van der Waals surface area contributed by atoms with Crippen molar-refractivity contribution >= 4 is 5.97 Å². The van der Waals surface area contributed by atoms with Crippen LogP contribution in [-0.4, -0.2) is 23.2 Å². The lowest BCUT2D eigenvalue weighted by Crippen LogP contribution is -2.17.